The fraction of sp³-hybridized carbons (Fsp3) is 0.611. The molecule has 0 aliphatic carbocycles. The van der Waals surface area contributed by atoms with Crippen molar-refractivity contribution in [2.45, 2.75) is 30.7 Å². The van der Waals surface area contributed by atoms with Crippen LogP contribution in [0.5, 0.6) is 0 Å². The van der Waals surface area contributed by atoms with Gasteiger partial charge < -0.3 is 15.0 Å². The lowest BCUT2D eigenvalue weighted by molar-refractivity contribution is 0.0625. The first-order valence-electron chi connectivity index (χ1n) is 8.35. The molecule has 2 rings (SSSR count). The van der Waals surface area contributed by atoms with Crippen LogP contribution >= 0.6 is 35.7 Å². The summed E-state index contributed by atoms with van der Waals surface area (Å²) in [4.78, 5) is 7.93. The summed E-state index contributed by atoms with van der Waals surface area (Å²) in [5, 5.41) is 3.46. The lowest BCUT2D eigenvalue weighted by Gasteiger charge is -2.26. The monoisotopic (exact) mass is 463 g/mol. The number of hydrogen-bond donors (Lipinski definition) is 1. The first-order valence-corrected chi connectivity index (χ1v) is 9.58. The molecule has 0 spiro atoms. The van der Waals surface area contributed by atoms with E-state index in [1.165, 1.54) is 29.7 Å². The Hall–Kier alpha value is -0.470. The fourth-order valence-corrected chi connectivity index (χ4v) is 3.23. The van der Waals surface area contributed by atoms with Gasteiger partial charge in [0.1, 0.15) is 0 Å². The summed E-state index contributed by atoms with van der Waals surface area (Å²) in [7, 11) is 3.97. The van der Waals surface area contributed by atoms with Gasteiger partial charge in [-0.15, -0.1) is 35.7 Å². The molecule has 4 nitrogen and oxygen atoms in total. The minimum Gasteiger partial charge on any atom is -0.381 e. The smallest absolute Gasteiger partial charge is 0.193 e. The van der Waals surface area contributed by atoms with Gasteiger partial charge in [-0.3, -0.25) is 4.99 Å². The van der Waals surface area contributed by atoms with E-state index in [-0.39, 0.29) is 24.0 Å². The van der Waals surface area contributed by atoms with Crippen molar-refractivity contribution >= 4 is 41.7 Å². The number of hydrogen-bond acceptors (Lipinski definition) is 3. The molecule has 0 unspecified atom stereocenters. The van der Waals surface area contributed by atoms with Crippen LogP contribution in [0.1, 0.15) is 24.8 Å². The minimum atomic E-state index is 0. The van der Waals surface area contributed by atoms with Gasteiger partial charge in [0.25, 0.3) is 0 Å². The number of guanidine groups is 1. The highest BCUT2D eigenvalue weighted by Gasteiger charge is 2.15. The molecule has 1 fully saturated rings. The third-order valence-electron chi connectivity index (χ3n) is 4.40. The van der Waals surface area contributed by atoms with Crippen molar-refractivity contribution in [1.29, 1.82) is 0 Å². The van der Waals surface area contributed by atoms with Crippen LogP contribution in [0.3, 0.4) is 0 Å². The van der Waals surface area contributed by atoms with Gasteiger partial charge in [0.05, 0.1) is 0 Å². The SMILES string of the molecule is CN=C(NCc1ccc(SC)cc1)N(C)CCC1CCOCC1.I. The number of nitrogens with one attached hydrogen (secondary N) is 1. The first kappa shape index (κ1) is 21.6. The second kappa shape index (κ2) is 12.0. The molecule has 1 aliphatic heterocycles. The quantitative estimate of drug-likeness (QED) is 0.301. The molecule has 0 aromatic heterocycles. The molecule has 0 bridgehead atoms. The van der Waals surface area contributed by atoms with Crippen molar-refractivity contribution in [2.24, 2.45) is 10.9 Å². The van der Waals surface area contributed by atoms with Crippen LogP contribution < -0.4 is 5.32 Å². The van der Waals surface area contributed by atoms with E-state index < -0.39 is 0 Å². The average Bonchev–Trinajstić information content (AvgIpc) is 2.62. The van der Waals surface area contributed by atoms with Gasteiger partial charge in [-0.25, -0.2) is 0 Å². The standard InChI is InChI=1S/C18H29N3OS.HI/c1-19-18(20-14-16-4-6-17(23-3)7-5-16)21(2)11-8-15-9-12-22-13-10-15;/h4-7,15H,8-14H2,1-3H3,(H,19,20);1H. The zero-order valence-corrected chi connectivity index (χ0v) is 18.1. The van der Waals surface area contributed by atoms with Crippen molar-refractivity contribution in [3.63, 3.8) is 0 Å². The Bertz CT molecular complexity index is 490. The number of rotatable bonds is 6. The second-order valence-corrected chi connectivity index (χ2v) is 6.89. The predicted octanol–water partition coefficient (Wildman–Crippen LogP) is 3.85. The summed E-state index contributed by atoms with van der Waals surface area (Å²) in [6.45, 7) is 3.69. The van der Waals surface area contributed by atoms with Crippen LogP contribution in [0.4, 0.5) is 0 Å². The highest BCUT2D eigenvalue weighted by molar-refractivity contribution is 14.0. The van der Waals surface area contributed by atoms with Gasteiger partial charge in [-0.05, 0) is 49.1 Å². The number of halogens is 1. The van der Waals surface area contributed by atoms with Gasteiger partial charge in [0, 0.05) is 45.3 Å². The van der Waals surface area contributed by atoms with Gasteiger partial charge in [-0.1, -0.05) is 12.1 Å². The largest absolute Gasteiger partial charge is 0.381 e. The van der Waals surface area contributed by atoms with Crippen molar-refractivity contribution in [3.8, 4) is 0 Å². The van der Waals surface area contributed by atoms with Gasteiger partial charge in [0.2, 0.25) is 0 Å². The molecular formula is C18H30IN3OS. The summed E-state index contributed by atoms with van der Waals surface area (Å²) in [6.07, 6.45) is 5.70. The van der Waals surface area contributed by atoms with Crippen molar-refractivity contribution < 1.29 is 4.74 Å². The van der Waals surface area contributed by atoms with Crippen molar-refractivity contribution in [2.75, 3.05) is 40.1 Å². The van der Waals surface area contributed by atoms with Crippen LogP contribution in [0.25, 0.3) is 0 Å². The Kier molecular flexibility index (Phi) is 10.8. The second-order valence-electron chi connectivity index (χ2n) is 6.01. The maximum absolute atomic E-state index is 5.43. The third kappa shape index (κ3) is 7.19. The summed E-state index contributed by atoms with van der Waals surface area (Å²) >= 11 is 1.77. The van der Waals surface area contributed by atoms with E-state index in [0.29, 0.717) is 0 Å². The topological polar surface area (TPSA) is 36.9 Å². The Morgan fingerprint density at radius 2 is 1.96 bits per heavy atom. The first-order chi connectivity index (χ1) is 11.2. The number of thioether (sulfide) groups is 1. The molecule has 0 atom stereocenters. The van der Waals surface area contributed by atoms with E-state index in [2.05, 4.69) is 52.8 Å². The lowest BCUT2D eigenvalue weighted by atomic mass is 9.96. The predicted molar refractivity (Wildman–Crippen MR) is 115 cm³/mol. The average molecular weight is 463 g/mol. The van der Waals surface area contributed by atoms with E-state index in [1.54, 1.807) is 11.8 Å². The lowest BCUT2D eigenvalue weighted by Crippen LogP contribution is -2.39. The van der Waals surface area contributed by atoms with E-state index in [1.807, 2.05) is 7.05 Å². The maximum Gasteiger partial charge on any atom is 0.193 e. The minimum absolute atomic E-state index is 0. The summed E-state index contributed by atoms with van der Waals surface area (Å²) in [6, 6.07) is 8.68. The van der Waals surface area contributed by atoms with Gasteiger partial charge in [-0.2, -0.15) is 0 Å². The number of aliphatic imine (C=N–C) groups is 1. The summed E-state index contributed by atoms with van der Waals surface area (Å²) in [5.74, 6) is 1.76. The van der Waals surface area contributed by atoms with Crippen molar-refractivity contribution in [1.82, 2.24) is 10.2 Å². The zero-order chi connectivity index (χ0) is 16.5. The Morgan fingerprint density at radius 1 is 1.29 bits per heavy atom. The molecule has 1 aromatic rings. The molecule has 0 amide bonds. The Morgan fingerprint density at radius 3 is 2.54 bits per heavy atom. The summed E-state index contributed by atoms with van der Waals surface area (Å²) < 4.78 is 5.43. The molecular weight excluding hydrogens is 433 g/mol. The Labute approximate surface area is 167 Å². The van der Waals surface area contributed by atoms with Crippen LogP contribution in [0.2, 0.25) is 0 Å². The number of benzene rings is 1. The Balaban J connectivity index is 0.00000288. The van der Waals surface area contributed by atoms with E-state index >= 15 is 0 Å². The van der Waals surface area contributed by atoms with E-state index in [9.17, 15) is 0 Å². The normalized spacial score (nSPS) is 15.7. The zero-order valence-electron chi connectivity index (χ0n) is 15.0. The fourth-order valence-electron chi connectivity index (χ4n) is 2.83. The molecule has 1 heterocycles. The molecule has 1 N–H and O–H groups in total. The van der Waals surface area contributed by atoms with E-state index in [4.69, 9.17) is 4.74 Å². The number of nitrogens with zero attached hydrogens (tertiary/aromatic N) is 2. The van der Waals surface area contributed by atoms with Crippen LogP contribution in [0, 0.1) is 5.92 Å². The van der Waals surface area contributed by atoms with Crippen molar-refractivity contribution in [3.05, 3.63) is 29.8 Å². The third-order valence-corrected chi connectivity index (χ3v) is 5.14. The summed E-state index contributed by atoms with van der Waals surface area (Å²) in [5.41, 5.74) is 1.28. The molecule has 1 saturated heterocycles. The highest BCUT2D eigenvalue weighted by atomic mass is 127. The van der Waals surface area contributed by atoms with E-state index in [0.717, 1.165) is 38.2 Å². The van der Waals surface area contributed by atoms with Crippen LogP contribution in [0.15, 0.2) is 34.2 Å². The molecule has 136 valence electrons. The molecule has 0 saturated carbocycles. The molecule has 1 aliphatic rings. The van der Waals surface area contributed by atoms with Crippen LogP contribution in [-0.4, -0.2) is 51.0 Å². The molecule has 0 radical (unpaired) electrons. The molecule has 24 heavy (non-hydrogen) atoms. The van der Waals surface area contributed by atoms with Crippen LogP contribution in [-0.2, 0) is 11.3 Å². The molecule has 1 aromatic carbocycles. The molecule has 6 heteroatoms. The van der Waals surface area contributed by atoms with Gasteiger partial charge >= 0.3 is 0 Å². The van der Waals surface area contributed by atoms with Gasteiger partial charge in [0.15, 0.2) is 5.96 Å². The highest BCUT2D eigenvalue weighted by Crippen LogP contribution is 2.18. The number of ether oxygens (including phenoxy) is 1. The maximum atomic E-state index is 5.43.